The molecule has 2 heteroatoms. The predicted octanol–water partition coefficient (Wildman–Crippen LogP) is 4.57. The van der Waals surface area contributed by atoms with E-state index in [1.807, 2.05) is 0 Å². The first-order chi connectivity index (χ1) is 6.90. The number of rotatable bonds is 5. The Balaban J connectivity index is 4.83. The Labute approximate surface area is 89.3 Å². The van der Waals surface area contributed by atoms with Crippen molar-refractivity contribution in [1.82, 2.24) is 0 Å². The molecule has 0 heterocycles. The smallest absolute Gasteiger partial charge is 0.130 e. The molecule has 0 aromatic rings. The summed E-state index contributed by atoms with van der Waals surface area (Å²) in [4.78, 5) is 0. The monoisotopic (exact) mass is 208 g/mol. The third-order valence-corrected chi connectivity index (χ3v) is 1.65. The van der Waals surface area contributed by atoms with E-state index in [2.05, 4.69) is 26.3 Å². The topological polar surface area (TPSA) is 0 Å². The van der Waals surface area contributed by atoms with Crippen molar-refractivity contribution in [3.8, 4) is 0 Å². The van der Waals surface area contributed by atoms with E-state index in [0.717, 1.165) is 12.2 Å². The molecule has 0 nitrogen and oxygen atoms in total. The van der Waals surface area contributed by atoms with Crippen molar-refractivity contribution >= 4 is 0 Å². The van der Waals surface area contributed by atoms with Gasteiger partial charge in [0.1, 0.15) is 11.7 Å². The quantitative estimate of drug-likeness (QED) is 0.580. The Morgan fingerprint density at radius 3 is 2.00 bits per heavy atom. The van der Waals surface area contributed by atoms with Crippen LogP contribution in [0.3, 0.4) is 0 Å². The van der Waals surface area contributed by atoms with Crippen LogP contribution in [0.4, 0.5) is 8.78 Å². The molecule has 0 N–H and O–H groups in total. The van der Waals surface area contributed by atoms with Gasteiger partial charge in [0.2, 0.25) is 0 Å². The molecule has 0 atom stereocenters. The molecule has 0 amide bonds. The third kappa shape index (κ3) is 4.36. The fourth-order valence-electron chi connectivity index (χ4n) is 0.721. The molecule has 0 saturated heterocycles. The maximum Gasteiger partial charge on any atom is 0.130 e. The summed E-state index contributed by atoms with van der Waals surface area (Å²) in [6.07, 6.45) is 3.52. The Kier molecular flexibility index (Phi) is 5.24. The molecule has 0 unspecified atom stereocenters. The molecule has 0 aliphatic heterocycles. The fraction of sp³-hybridized carbons (Fsp3) is 0.0769. The molecule has 0 aromatic heterocycles. The van der Waals surface area contributed by atoms with E-state index >= 15 is 0 Å². The van der Waals surface area contributed by atoms with E-state index in [-0.39, 0.29) is 16.7 Å². The van der Waals surface area contributed by atoms with E-state index in [0.29, 0.717) is 0 Å². The third-order valence-electron chi connectivity index (χ3n) is 1.65. The van der Waals surface area contributed by atoms with Crippen molar-refractivity contribution in [2.24, 2.45) is 0 Å². The average Bonchev–Trinajstić information content (AvgIpc) is 2.16. The summed E-state index contributed by atoms with van der Waals surface area (Å²) in [7, 11) is 0. The van der Waals surface area contributed by atoms with Crippen LogP contribution in [0.5, 0.6) is 0 Å². The molecule has 0 aliphatic carbocycles. The Morgan fingerprint density at radius 2 is 1.60 bits per heavy atom. The summed E-state index contributed by atoms with van der Waals surface area (Å²) in [6, 6.07) is 0. The maximum absolute atomic E-state index is 13.2. The number of allylic oxidation sites excluding steroid dienone is 8. The maximum atomic E-state index is 13.2. The largest absolute Gasteiger partial charge is 0.207 e. The Morgan fingerprint density at radius 1 is 1.07 bits per heavy atom. The lowest BCUT2D eigenvalue weighted by Gasteiger charge is -2.02. The van der Waals surface area contributed by atoms with Crippen molar-refractivity contribution in [2.45, 2.75) is 6.92 Å². The molecular weight excluding hydrogens is 194 g/mol. The first kappa shape index (κ1) is 13.3. The highest BCUT2D eigenvalue weighted by Crippen LogP contribution is 2.21. The zero-order valence-electron chi connectivity index (χ0n) is 8.82. The van der Waals surface area contributed by atoms with Crippen LogP contribution in [0.15, 0.2) is 72.9 Å². The van der Waals surface area contributed by atoms with Gasteiger partial charge in [-0.1, -0.05) is 32.4 Å². The summed E-state index contributed by atoms with van der Waals surface area (Å²) in [6.45, 7) is 15.2. The number of hydrogen-bond donors (Lipinski definition) is 0. The molecule has 0 spiro atoms. The predicted molar refractivity (Wildman–Crippen MR) is 61.7 cm³/mol. The molecule has 0 radical (unpaired) electrons. The van der Waals surface area contributed by atoms with Crippen LogP contribution >= 0.6 is 0 Å². The van der Waals surface area contributed by atoms with Crippen molar-refractivity contribution in [2.75, 3.05) is 0 Å². The first-order valence-electron chi connectivity index (χ1n) is 4.30. The van der Waals surface area contributed by atoms with E-state index in [1.54, 1.807) is 0 Å². The van der Waals surface area contributed by atoms with Gasteiger partial charge in [0.15, 0.2) is 0 Å². The lowest BCUT2D eigenvalue weighted by molar-refractivity contribution is 0.647. The van der Waals surface area contributed by atoms with Gasteiger partial charge in [-0.2, -0.15) is 0 Å². The van der Waals surface area contributed by atoms with Gasteiger partial charge < -0.3 is 0 Å². The highest BCUT2D eigenvalue weighted by molar-refractivity contribution is 5.48. The summed E-state index contributed by atoms with van der Waals surface area (Å²) in [5.41, 5.74) is 0.467. The van der Waals surface area contributed by atoms with Gasteiger partial charge in [-0.05, 0) is 30.2 Å². The van der Waals surface area contributed by atoms with Crippen molar-refractivity contribution in [1.29, 1.82) is 0 Å². The van der Waals surface area contributed by atoms with Crippen LogP contribution in [0.2, 0.25) is 0 Å². The van der Waals surface area contributed by atoms with Crippen LogP contribution < -0.4 is 0 Å². The van der Waals surface area contributed by atoms with Crippen LogP contribution in [0, 0.1) is 0 Å². The molecule has 0 rings (SSSR count). The van der Waals surface area contributed by atoms with Crippen molar-refractivity contribution in [3.05, 3.63) is 72.9 Å². The van der Waals surface area contributed by atoms with Crippen LogP contribution in [-0.4, -0.2) is 0 Å². The van der Waals surface area contributed by atoms with E-state index in [1.165, 1.54) is 13.0 Å². The minimum Gasteiger partial charge on any atom is -0.207 e. The molecule has 15 heavy (non-hydrogen) atoms. The van der Waals surface area contributed by atoms with Crippen LogP contribution in [0.25, 0.3) is 0 Å². The van der Waals surface area contributed by atoms with Crippen molar-refractivity contribution < 1.29 is 8.78 Å². The van der Waals surface area contributed by atoms with Gasteiger partial charge >= 0.3 is 0 Å². The Hall–Kier alpha value is -1.70. The SMILES string of the molecule is C=C/C=C(/F)C(=C)C(=C)/C=C(/F)C(=C)C. The zero-order chi connectivity index (χ0) is 12.0. The fourth-order valence-corrected chi connectivity index (χ4v) is 0.721. The van der Waals surface area contributed by atoms with Gasteiger partial charge in [0, 0.05) is 5.57 Å². The summed E-state index contributed by atoms with van der Waals surface area (Å²) < 4.78 is 26.2. The second-order valence-corrected chi connectivity index (χ2v) is 3.03. The molecule has 0 aromatic carbocycles. The standard InChI is InChI=1S/C13H14F2/c1-6-7-12(14)11(5)10(4)8-13(15)9(2)3/h6-8H,1-2,4-5H2,3H3/b12-7+,13-8+. The summed E-state index contributed by atoms with van der Waals surface area (Å²) >= 11 is 0. The minimum atomic E-state index is -0.583. The minimum absolute atomic E-state index is 0.0336. The number of hydrogen-bond acceptors (Lipinski definition) is 0. The van der Waals surface area contributed by atoms with Gasteiger partial charge in [-0.15, -0.1) is 0 Å². The highest BCUT2D eigenvalue weighted by Gasteiger charge is 2.05. The molecule has 0 saturated carbocycles. The lowest BCUT2D eigenvalue weighted by atomic mass is 10.1. The second-order valence-electron chi connectivity index (χ2n) is 3.03. The van der Waals surface area contributed by atoms with Gasteiger partial charge in [-0.3, -0.25) is 0 Å². The molecular formula is C13H14F2. The summed E-state index contributed by atoms with van der Waals surface area (Å²) in [5, 5.41) is 0. The van der Waals surface area contributed by atoms with Crippen LogP contribution in [0.1, 0.15) is 6.92 Å². The van der Waals surface area contributed by atoms with Gasteiger partial charge in [0.05, 0.1) is 0 Å². The first-order valence-corrected chi connectivity index (χ1v) is 4.30. The average molecular weight is 208 g/mol. The van der Waals surface area contributed by atoms with Gasteiger partial charge in [-0.25, -0.2) is 8.78 Å². The second kappa shape index (κ2) is 5.91. The molecule has 0 bridgehead atoms. The zero-order valence-corrected chi connectivity index (χ0v) is 8.82. The molecule has 0 fully saturated rings. The van der Waals surface area contributed by atoms with Crippen molar-refractivity contribution in [3.63, 3.8) is 0 Å². The van der Waals surface area contributed by atoms with Gasteiger partial charge in [0.25, 0.3) is 0 Å². The van der Waals surface area contributed by atoms with E-state index in [9.17, 15) is 8.78 Å². The van der Waals surface area contributed by atoms with E-state index in [4.69, 9.17) is 0 Å². The summed E-state index contributed by atoms with van der Waals surface area (Å²) in [5.74, 6) is -1.12. The molecule has 0 aliphatic rings. The lowest BCUT2D eigenvalue weighted by Crippen LogP contribution is -1.86. The van der Waals surface area contributed by atoms with Crippen LogP contribution in [-0.2, 0) is 0 Å². The van der Waals surface area contributed by atoms with E-state index < -0.39 is 11.7 Å². The normalized spacial score (nSPS) is 12.2. The molecule has 80 valence electrons. The Bertz CT molecular complexity index is 368. The number of halogens is 2. The highest BCUT2D eigenvalue weighted by atomic mass is 19.1.